The van der Waals surface area contributed by atoms with Gasteiger partial charge in [0.1, 0.15) is 0 Å². The molecule has 1 aliphatic rings. The number of alkyl halides is 2. The number of rotatable bonds is 7. The van der Waals surface area contributed by atoms with Crippen LogP contribution in [0.2, 0.25) is 0 Å². The highest BCUT2D eigenvalue weighted by Crippen LogP contribution is 2.16. The first-order valence-corrected chi connectivity index (χ1v) is 9.71. The summed E-state index contributed by atoms with van der Waals surface area (Å²) in [6.07, 6.45) is 3.32. The number of nitrogens with one attached hydrogen (secondary N) is 1. The van der Waals surface area contributed by atoms with Crippen molar-refractivity contribution in [1.82, 2.24) is 15.2 Å². The molecule has 1 aromatic carbocycles. The summed E-state index contributed by atoms with van der Waals surface area (Å²) in [6, 6.07) is 12.5. The third kappa shape index (κ3) is 6.37. The Morgan fingerprint density at radius 2 is 1.90 bits per heavy atom. The maximum Gasteiger partial charge on any atom is 0.272 e. The molecule has 2 amide bonds. The van der Waals surface area contributed by atoms with E-state index in [4.69, 9.17) is 4.74 Å². The highest BCUT2D eigenvalue weighted by atomic mass is 19.3. The number of amides is 2. The Labute approximate surface area is 173 Å². The monoisotopic (exact) mass is 415 g/mol. The van der Waals surface area contributed by atoms with Crippen molar-refractivity contribution in [3.63, 3.8) is 0 Å². The zero-order chi connectivity index (χ0) is 21.3. The van der Waals surface area contributed by atoms with E-state index in [1.807, 2.05) is 30.3 Å². The maximum absolute atomic E-state index is 12.6. The number of carbonyl (C=O) groups is 2. The van der Waals surface area contributed by atoms with Crippen LogP contribution in [0.15, 0.2) is 54.7 Å². The van der Waals surface area contributed by atoms with Gasteiger partial charge in [0.2, 0.25) is 11.8 Å². The van der Waals surface area contributed by atoms with E-state index in [1.54, 1.807) is 11.0 Å². The number of likely N-dealkylation sites (tertiary alicyclic amines) is 1. The molecule has 30 heavy (non-hydrogen) atoms. The first-order valence-electron chi connectivity index (χ1n) is 9.71. The van der Waals surface area contributed by atoms with Crippen molar-refractivity contribution in [3.8, 4) is 5.88 Å². The fraction of sp³-hybridized carbons (Fsp3) is 0.318. The molecule has 0 aliphatic carbocycles. The molecular weight excluding hydrogens is 392 g/mol. The Kier molecular flexibility index (Phi) is 7.48. The second-order valence-corrected chi connectivity index (χ2v) is 6.91. The molecule has 0 radical (unpaired) electrons. The maximum atomic E-state index is 12.6. The Hall–Kier alpha value is -3.29. The van der Waals surface area contributed by atoms with Gasteiger partial charge in [-0.3, -0.25) is 9.59 Å². The number of nitrogens with zero attached hydrogens (tertiary/aromatic N) is 2. The first kappa shape index (κ1) is 21.4. The lowest BCUT2D eigenvalue weighted by Gasteiger charge is -2.32. The fourth-order valence-electron chi connectivity index (χ4n) is 3.14. The standard InChI is InChI=1S/C22H23F2N3O3/c23-19(24)15-30-21-9-7-17(14-25-21)22(29)27-12-10-18(11-13-27)26-20(28)8-6-16-4-2-1-3-5-16/h1-9,14,18-19H,10-13,15H2,(H,26,28)/b8-6+. The number of ether oxygens (including phenoxy) is 1. The van der Waals surface area contributed by atoms with Crippen molar-refractivity contribution >= 4 is 17.9 Å². The molecule has 0 saturated carbocycles. The molecule has 1 aliphatic heterocycles. The predicted octanol–water partition coefficient (Wildman–Crippen LogP) is 3.16. The molecule has 1 fully saturated rings. The molecule has 2 aromatic rings. The third-order valence-electron chi connectivity index (χ3n) is 4.70. The highest BCUT2D eigenvalue weighted by Gasteiger charge is 2.24. The van der Waals surface area contributed by atoms with E-state index in [0.29, 0.717) is 31.5 Å². The van der Waals surface area contributed by atoms with Gasteiger partial charge in [-0.15, -0.1) is 0 Å². The van der Waals surface area contributed by atoms with Crippen LogP contribution in [0.25, 0.3) is 6.08 Å². The topological polar surface area (TPSA) is 71.5 Å². The number of hydrogen-bond acceptors (Lipinski definition) is 4. The van der Waals surface area contributed by atoms with Crippen LogP contribution in [0.1, 0.15) is 28.8 Å². The summed E-state index contributed by atoms with van der Waals surface area (Å²) in [7, 11) is 0. The Morgan fingerprint density at radius 1 is 1.17 bits per heavy atom. The van der Waals surface area contributed by atoms with Crippen molar-refractivity contribution in [2.75, 3.05) is 19.7 Å². The SMILES string of the molecule is O=C(/C=C/c1ccccc1)NC1CCN(C(=O)c2ccc(OCC(F)F)nc2)CC1. The van der Waals surface area contributed by atoms with Crippen LogP contribution in [0.5, 0.6) is 5.88 Å². The highest BCUT2D eigenvalue weighted by molar-refractivity contribution is 5.94. The second-order valence-electron chi connectivity index (χ2n) is 6.91. The summed E-state index contributed by atoms with van der Waals surface area (Å²) in [5.74, 6) is -0.291. The molecule has 158 valence electrons. The van der Waals surface area contributed by atoms with E-state index in [-0.39, 0.29) is 23.7 Å². The predicted molar refractivity (Wildman–Crippen MR) is 108 cm³/mol. The summed E-state index contributed by atoms with van der Waals surface area (Å²) in [6.45, 7) is 0.283. The molecule has 1 saturated heterocycles. The van der Waals surface area contributed by atoms with Crippen LogP contribution in [0.3, 0.4) is 0 Å². The van der Waals surface area contributed by atoms with Crippen LogP contribution in [0.4, 0.5) is 8.78 Å². The van der Waals surface area contributed by atoms with E-state index in [1.165, 1.54) is 24.4 Å². The summed E-state index contributed by atoms with van der Waals surface area (Å²) in [5, 5.41) is 2.97. The average Bonchev–Trinajstić information content (AvgIpc) is 2.77. The molecule has 6 nitrogen and oxygen atoms in total. The second kappa shape index (κ2) is 10.5. The van der Waals surface area contributed by atoms with Crippen molar-refractivity contribution < 1.29 is 23.1 Å². The number of piperidine rings is 1. The van der Waals surface area contributed by atoms with Gasteiger partial charge >= 0.3 is 0 Å². The molecule has 0 bridgehead atoms. The lowest BCUT2D eigenvalue weighted by molar-refractivity contribution is -0.117. The van der Waals surface area contributed by atoms with Crippen LogP contribution in [0, 0.1) is 0 Å². The van der Waals surface area contributed by atoms with Gasteiger partial charge in [0.05, 0.1) is 5.56 Å². The fourth-order valence-corrected chi connectivity index (χ4v) is 3.14. The van der Waals surface area contributed by atoms with Crippen molar-refractivity contribution in [2.24, 2.45) is 0 Å². The minimum absolute atomic E-state index is 0.00483. The van der Waals surface area contributed by atoms with E-state index in [9.17, 15) is 18.4 Å². The van der Waals surface area contributed by atoms with E-state index in [0.717, 1.165) is 5.56 Å². The van der Waals surface area contributed by atoms with Gasteiger partial charge in [0.25, 0.3) is 12.3 Å². The van der Waals surface area contributed by atoms with Crippen molar-refractivity contribution in [3.05, 3.63) is 65.9 Å². The minimum atomic E-state index is -2.58. The van der Waals surface area contributed by atoms with Gasteiger partial charge < -0.3 is 15.0 Å². The first-order chi connectivity index (χ1) is 14.5. The van der Waals surface area contributed by atoms with Gasteiger partial charge in [-0.25, -0.2) is 13.8 Å². The minimum Gasteiger partial charge on any atom is -0.472 e. The normalized spacial score (nSPS) is 14.8. The van der Waals surface area contributed by atoms with Crippen LogP contribution < -0.4 is 10.1 Å². The number of pyridine rings is 1. The Bertz CT molecular complexity index is 865. The van der Waals surface area contributed by atoms with Gasteiger partial charge in [-0.05, 0) is 30.5 Å². The molecule has 1 N–H and O–H groups in total. The number of aromatic nitrogens is 1. The largest absolute Gasteiger partial charge is 0.472 e. The zero-order valence-corrected chi connectivity index (χ0v) is 16.3. The molecule has 0 unspecified atom stereocenters. The zero-order valence-electron chi connectivity index (χ0n) is 16.3. The summed E-state index contributed by atoms with van der Waals surface area (Å²) in [5.41, 5.74) is 1.32. The molecule has 1 aromatic heterocycles. The van der Waals surface area contributed by atoms with Gasteiger partial charge in [-0.2, -0.15) is 0 Å². The quantitative estimate of drug-likeness (QED) is 0.706. The van der Waals surface area contributed by atoms with Gasteiger partial charge in [0.15, 0.2) is 6.61 Å². The lowest BCUT2D eigenvalue weighted by atomic mass is 10.0. The summed E-state index contributed by atoms with van der Waals surface area (Å²) < 4.78 is 29.1. The average molecular weight is 415 g/mol. The van der Waals surface area contributed by atoms with Crippen LogP contribution in [-0.4, -0.2) is 53.9 Å². The lowest BCUT2D eigenvalue weighted by Crippen LogP contribution is -2.46. The number of halogens is 2. The molecule has 2 heterocycles. The third-order valence-corrected chi connectivity index (χ3v) is 4.70. The molecule has 0 atom stereocenters. The van der Waals surface area contributed by atoms with Gasteiger partial charge in [-0.1, -0.05) is 30.3 Å². The number of carbonyl (C=O) groups excluding carboxylic acids is 2. The molecule has 0 spiro atoms. The molecule has 3 rings (SSSR count). The number of hydrogen-bond donors (Lipinski definition) is 1. The Morgan fingerprint density at radius 3 is 2.53 bits per heavy atom. The number of benzene rings is 1. The molecule has 8 heteroatoms. The molecular formula is C22H23F2N3O3. The van der Waals surface area contributed by atoms with E-state index in [2.05, 4.69) is 10.3 Å². The summed E-state index contributed by atoms with van der Waals surface area (Å²) >= 11 is 0. The van der Waals surface area contributed by atoms with E-state index < -0.39 is 13.0 Å². The smallest absolute Gasteiger partial charge is 0.272 e. The van der Waals surface area contributed by atoms with E-state index >= 15 is 0 Å². The summed E-state index contributed by atoms with van der Waals surface area (Å²) in [4.78, 5) is 30.3. The van der Waals surface area contributed by atoms with Crippen LogP contribution in [-0.2, 0) is 4.79 Å². The van der Waals surface area contributed by atoms with Crippen molar-refractivity contribution in [2.45, 2.75) is 25.3 Å². The van der Waals surface area contributed by atoms with Gasteiger partial charge in [0, 0.05) is 37.5 Å². The van der Waals surface area contributed by atoms with Crippen molar-refractivity contribution in [1.29, 1.82) is 0 Å². The van der Waals surface area contributed by atoms with Crippen LogP contribution >= 0.6 is 0 Å². The Balaban J connectivity index is 1.45.